The van der Waals surface area contributed by atoms with Crippen LogP contribution >= 0.6 is 23.2 Å². The van der Waals surface area contributed by atoms with Crippen molar-refractivity contribution in [3.05, 3.63) is 69.7 Å². The van der Waals surface area contributed by atoms with Gasteiger partial charge in [-0.1, -0.05) is 103 Å². The van der Waals surface area contributed by atoms with E-state index in [4.69, 9.17) is 46.9 Å². The summed E-state index contributed by atoms with van der Waals surface area (Å²) in [6.07, 6.45) is 5.22. The van der Waals surface area contributed by atoms with Crippen LogP contribution in [0.2, 0.25) is 10.0 Å². The first-order valence-corrected chi connectivity index (χ1v) is 27.0. The zero-order valence-electron chi connectivity index (χ0n) is 46.0. The third-order valence-electron chi connectivity index (χ3n) is 17.1. The van der Waals surface area contributed by atoms with Crippen molar-refractivity contribution in [1.82, 2.24) is 0 Å². The van der Waals surface area contributed by atoms with Crippen LogP contribution in [0, 0.1) is 48.3 Å². The molecule has 18 atom stereocenters. The Kier molecular flexibility index (Phi) is 23.7. The molecule has 18 heteroatoms. The number of carboxylic acids is 2. The van der Waals surface area contributed by atoms with E-state index in [2.05, 4.69) is 26.1 Å². The van der Waals surface area contributed by atoms with E-state index in [-0.39, 0.29) is 100 Å². The van der Waals surface area contributed by atoms with Gasteiger partial charge >= 0.3 is 59.1 Å². The number of ether oxygens (including phenoxy) is 5. The second-order valence-corrected chi connectivity index (χ2v) is 22.7. The number of carbonyl (C=O) groups is 3. The molecule has 18 unspecified atom stereocenters. The minimum Gasteiger partial charge on any atom is -0.550 e. The van der Waals surface area contributed by atoms with Gasteiger partial charge in [0.1, 0.15) is 11.9 Å². The molecular formula is C56H79Cl2NNa2O13. The molecule has 4 N–H and O–H groups in total. The summed E-state index contributed by atoms with van der Waals surface area (Å²) in [5.41, 5.74) is 0.132. The number of Topliss-reactive ketones (excluding diaryl/α,β-unsaturated/α-hetero) is 1. The van der Waals surface area contributed by atoms with Crippen LogP contribution in [0.1, 0.15) is 149 Å². The number of rotatable bonds is 15. The van der Waals surface area contributed by atoms with Gasteiger partial charge in [-0.05, 0) is 120 Å². The monoisotopic (exact) mass is 1090 g/mol. The summed E-state index contributed by atoms with van der Waals surface area (Å²) < 4.78 is 33.4. The molecular weight excluding hydrogens is 1010 g/mol. The van der Waals surface area contributed by atoms with E-state index in [0.717, 1.165) is 12.0 Å². The minimum atomic E-state index is -1.37. The van der Waals surface area contributed by atoms with E-state index < -0.39 is 88.9 Å². The largest absolute Gasteiger partial charge is 1.00 e. The van der Waals surface area contributed by atoms with Crippen molar-refractivity contribution in [3.8, 4) is 0 Å². The minimum absolute atomic E-state index is 0. The van der Waals surface area contributed by atoms with E-state index in [1.54, 1.807) is 49.4 Å². The van der Waals surface area contributed by atoms with Crippen LogP contribution in [0.15, 0.2) is 48.6 Å². The number of para-hydroxylation sites is 1. The van der Waals surface area contributed by atoms with Gasteiger partial charge in [0, 0.05) is 53.2 Å². The van der Waals surface area contributed by atoms with E-state index in [9.17, 15) is 39.9 Å². The number of carboxylic acid groups (broad SMARTS) is 2. The Balaban J connectivity index is 0.000000474. The number of anilines is 2. The number of hydrogen-bond donors (Lipinski definition) is 4. The van der Waals surface area contributed by atoms with E-state index in [1.165, 1.54) is 6.07 Å². The molecule has 14 nitrogen and oxygen atoms in total. The standard InChI is InChI=1S/C42H70O11.C14H11Cl2NO2.2Na/c1-11-29(38(46)47)31-15-14-23(4)36(50-31)27(8)34(44)26(7)35(45)30(12-2)37-24(5)22-25(6)41(51-37)19-16-32(43)42(53-41)21-20-39(10,52-42)33-17-18-40(48,13-3)28(9)49-33;1-8-6-7-10(15)13(12(8)16)17-11-5-3-2-4-9(11)14(18)19;;/h16,19,23-34,36-37,43-44,48H,11-15,17-18,20-22H2,1-10H3,(H,46,47);2-7,17H,1H3,(H,18,19);;/q;;2*+1/p-2. The Morgan fingerprint density at radius 2 is 1.53 bits per heavy atom. The molecule has 402 valence electrons. The molecule has 2 aromatic rings. The van der Waals surface area contributed by atoms with Crippen molar-refractivity contribution < 1.29 is 123 Å². The maximum absolute atomic E-state index is 14.4. The van der Waals surface area contributed by atoms with Crippen molar-refractivity contribution in [2.75, 3.05) is 5.32 Å². The Labute approximate surface area is 493 Å². The normalized spacial score (nSPS) is 35.7. The van der Waals surface area contributed by atoms with Crippen molar-refractivity contribution in [2.24, 2.45) is 41.4 Å². The van der Waals surface area contributed by atoms with Gasteiger partial charge in [-0.2, -0.15) is 0 Å². The predicted octanol–water partition coefficient (Wildman–Crippen LogP) is 2.27. The Morgan fingerprint density at radius 1 is 0.865 bits per heavy atom. The zero-order valence-corrected chi connectivity index (χ0v) is 51.5. The summed E-state index contributed by atoms with van der Waals surface area (Å²) in [5, 5.41) is 60.8. The smallest absolute Gasteiger partial charge is 0.550 e. The van der Waals surface area contributed by atoms with Crippen LogP contribution in [0.25, 0.3) is 0 Å². The topological polar surface area (TPSA) is 216 Å². The number of benzene rings is 2. The van der Waals surface area contributed by atoms with Crippen LogP contribution in [-0.2, 0) is 33.3 Å². The molecule has 0 radical (unpaired) electrons. The summed E-state index contributed by atoms with van der Waals surface area (Å²) in [6.45, 7) is 21.3. The molecule has 0 bridgehead atoms. The quantitative estimate of drug-likeness (QED) is 0.149. The Hall–Kier alpha value is -1.15. The molecule has 4 fully saturated rings. The Morgan fingerprint density at radius 3 is 2.14 bits per heavy atom. The number of hydrogen-bond acceptors (Lipinski definition) is 14. The number of ketones is 1. The molecule has 2 spiro atoms. The van der Waals surface area contributed by atoms with Gasteiger partial charge in [0.15, 0.2) is 5.79 Å². The number of aryl methyl sites for hydroxylation is 1. The van der Waals surface area contributed by atoms with E-state index >= 15 is 0 Å². The summed E-state index contributed by atoms with van der Waals surface area (Å²) in [4.78, 5) is 37.3. The molecule has 0 aliphatic carbocycles. The number of aliphatic hydroxyl groups is 3. The molecule has 5 heterocycles. The molecule has 0 saturated carbocycles. The first-order valence-electron chi connectivity index (χ1n) is 26.2. The fourth-order valence-corrected chi connectivity index (χ4v) is 12.6. The van der Waals surface area contributed by atoms with Gasteiger partial charge in [0.2, 0.25) is 5.79 Å². The number of carbonyl (C=O) groups excluding carboxylic acids is 3. The van der Waals surface area contributed by atoms with Crippen LogP contribution in [0.5, 0.6) is 0 Å². The van der Waals surface area contributed by atoms with Gasteiger partial charge < -0.3 is 64.1 Å². The van der Waals surface area contributed by atoms with Crippen LogP contribution < -0.4 is 74.6 Å². The Bertz CT molecular complexity index is 2280. The first-order chi connectivity index (χ1) is 33.8. The zero-order chi connectivity index (χ0) is 53.2. The molecule has 0 aromatic heterocycles. The number of aliphatic hydroxyl groups excluding tert-OH is 2. The number of halogens is 2. The third-order valence-corrected chi connectivity index (χ3v) is 17.9. The molecule has 2 aromatic carbocycles. The van der Waals surface area contributed by atoms with Crippen LogP contribution in [0.3, 0.4) is 0 Å². The van der Waals surface area contributed by atoms with Gasteiger partial charge in [0.25, 0.3) is 0 Å². The van der Waals surface area contributed by atoms with E-state index in [1.807, 2.05) is 48.5 Å². The van der Waals surface area contributed by atoms with Gasteiger partial charge in [-0.15, -0.1) is 0 Å². The fraction of sp³-hybridized carbons (Fsp3) is 0.696. The second kappa shape index (κ2) is 26.9. The maximum atomic E-state index is 14.4. The maximum Gasteiger partial charge on any atom is 1.00 e. The molecule has 4 saturated heterocycles. The summed E-state index contributed by atoms with van der Waals surface area (Å²) in [7, 11) is 0. The van der Waals surface area contributed by atoms with Crippen molar-refractivity contribution in [1.29, 1.82) is 0 Å². The van der Waals surface area contributed by atoms with Crippen molar-refractivity contribution in [3.63, 3.8) is 0 Å². The molecule has 5 aliphatic rings. The average molecular weight is 1090 g/mol. The van der Waals surface area contributed by atoms with Gasteiger partial charge in [-0.3, -0.25) is 4.79 Å². The molecule has 74 heavy (non-hydrogen) atoms. The summed E-state index contributed by atoms with van der Waals surface area (Å²) in [5.74, 6) is -7.50. The summed E-state index contributed by atoms with van der Waals surface area (Å²) >= 11 is 12.2. The average Bonchev–Trinajstić information content (AvgIpc) is 3.70. The molecule has 0 amide bonds. The van der Waals surface area contributed by atoms with Crippen molar-refractivity contribution >= 4 is 52.3 Å². The predicted molar refractivity (Wildman–Crippen MR) is 271 cm³/mol. The van der Waals surface area contributed by atoms with Crippen molar-refractivity contribution in [2.45, 2.75) is 206 Å². The number of aliphatic carboxylic acids is 1. The SMILES string of the molecule is CCC(C(=O)[O-])C1CCC(C)C(C(C)C(O)C(C)C(=O)C(CC)C2OC3(C=CC(O)C4(CCC(C)(C5CCC(O)(CC)C(C)O5)O4)O3)C(C)CC2C)O1.Cc1ccc(Cl)c(Nc2ccccc2C(=O)[O-])c1Cl.[Na+].[Na+]. The number of aromatic carboxylic acids is 1. The number of nitrogens with one attached hydrogen (secondary N) is 1. The van der Waals surface area contributed by atoms with Crippen LogP contribution in [-0.4, -0.2) is 98.5 Å². The first kappa shape index (κ1) is 65.4. The van der Waals surface area contributed by atoms with Gasteiger partial charge in [-0.25, -0.2) is 0 Å². The molecule has 7 rings (SSSR count). The second-order valence-electron chi connectivity index (χ2n) is 21.9. The van der Waals surface area contributed by atoms with Gasteiger partial charge in [0.05, 0.1) is 69.5 Å². The fourth-order valence-electron chi connectivity index (χ4n) is 12.2. The summed E-state index contributed by atoms with van der Waals surface area (Å²) in [6, 6.07) is 9.91. The van der Waals surface area contributed by atoms with Crippen LogP contribution in [0.4, 0.5) is 11.4 Å². The third kappa shape index (κ3) is 13.7. The molecule has 5 aliphatic heterocycles. The van der Waals surface area contributed by atoms with E-state index in [0.29, 0.717) is 79.2 Å².